The van der Waals surface area contributed by atoms with E-state index in [1.165, 1.54) is 0 Å². The van der Waals surface area contributed by atoms with E-state index >= 15 is 0 Å². The number of rotatable bonds is 8. The summed E-state index contributed by atoms with van der Waals surface area (Å²) in [6.07, 6.45) is 5.37. The minimum atomic E-state index is -0.109. The number of ether oxygens (including phenoxy) is 1. The average molecular weight is 415 g/mol. The third-order valence-electron chi connectivity index (χ3n) is 4.49. The fourth-order valence-electron chi connectivity index (χ4n) is 3.05. The highest BCUT2D eigenvalue weighted by molar-refractivity contribution is 5.93. The highest BCUT2D eigenvalue weighted by Gasteiger charge is 2.13. The topological polar surface area (TPSA) is 103 Å². The number of carbonyl (C=O) groups is 1. The van der Waals surface area contributed by atoms with Gasteiger partial charge in [-0.25, -0.2) is 4.98 Å². The molecule has 0 bridgehead atoms. The Kier molecular flexibility index (Phi) is 6.27. The first-order chi connectivity index (χ1) is 15.2. The quantitative estimate of drug-likeness (QED) is 0.468. The smallest absolute Gasteiger partial charge is 0.231 e. The molecule has 4 aromatic rings. The van der Waals surface area contributed by atoms with Crippen LogP contribution in [0.2, 0.25) is 0 Å². The molecule has 0 radical (unpaired) electrons. The Labute approximate surface area is 179 Å². The number of hydrogen-bond acceptors (Lipinski definition) is 7. The number of amides is 1. The number of nitrogens with one attached hydrogen (secondary N) is 1. The van der Waals surface area contributed by atoms with Crippen molar-refractivity contribution in [1.29, 1.82) is 0 Å². The van der Waals surface area contributed by atoms with Gasteiger partial charge in [0.2, 0.25) is 17.6 Å². The predicted octanol–water partition coefficient (Wildman–Crippen LogP) is 3.70. The molecular formula is C23H21N5O3. The van der Waals surface area contributed by atoms with Gasteiger partial charge >= 0.3 is 0 Å². The Hall–Kier alpha value is -4.07. The van der Waals surface area contributed by atoms with Gasteiger partial charge in [-0.15, -0.1) is 0 Å². The molecule has 2 heterocycles. The summed E-state index contributed by atoms with van der Waals surface area (Å²) in [4.78, 5) is 25.1. The van der Waals surface area contributed by atoms with Crippen molar-refractivity contribution in [2.75, 3.05) is 11.9 Å². The zero-order chi connectivity index (χ0) is 21.5. The molecule has 4 rings (SSSR count). The summed E-state index contributed by atoms with van der Waals surface area (Å²) in [6.45, 7) is 2.54. The summed E-state index contributed by atoms with van der Waals surface area (Å²) in [5.74, 6) is 1.48. The molecule has 2 aromatic carbocycles. The Morgan fingerprint density at radius 2 is 1.94 bits per heavy atom. The van der Waals surface area contributed by atoms with E-state index in [-0.39, 0.29) is 12.3 Å². The van der Waals surface area contributed by atoms with Gasteiger partial charge in [-0.2, -0.15) is 4.98 Å². The van der Waals surface area contributed by atoms with E-state index in [1.54, 1.807) is 18.6 Å². The van der Waals surface area contributed by atoms with E-state index in [1.807, 2.05) is 55.5 Å². The third-order valence-corrected chi connectivity index (χ3v) is 4.49. The van der Waals surface area contributed by atoms with Gasteiger partial charge < -0.3 is 14.6 Å². The lowest BCUT2D eigenvalue weighted by molar-refractivity contribution is -0.115. The highest BCUT2D eigenvalue weighted by Crippen LogP contribution is 2.21. The third kappa shape index (κ3) is 5.30. The second-order valence-electron chi connectivity index (χ2n) is 6.74. The van der Waals surface area contributed by atoms with Crippen molar-refractivity contribution in [2.24, 2.45) is 0 Å². The summed E-state index contributed by atoms with van der Waals surface area (Å²) in [7, 11) is 0. The first kappa shape index (κ1) is 20.2. The fourth-order valence-corrected chi connectivity index (χ4v) is 3.05. The molecule has 0 aliphatic rings. The van der Waals surface area contributed by atoms with Gasteiger partial charge in [-0.3, -0.25) is 9.78 Å². The van der Waals surface area contributed by atoms with Crippen LogP contribution in [-0.2, 0) is 17.6 Å². The maximum atomic E-state index is 12.6. The van der Waals surface area contributed by atoms with Crippen LogP contribution in [0.1, 0.15) is 23.9 Å². The van der Waals surface area contributed by atoms with Crippen LogP contribution >= 0.6 is 0 Å². The molecule has 0 unspecified atom stereocenters. The molecule has 156 valence electrons. The normalized spacial score (nSPS) is 10.6. The number of anilines is 1. The van der Waals surface area contributed by atoms with Crippen molar-refractivity contribution in [3.8, 4) is 17.3 Å². The Balaban J connectivity index is 1.42. The number of hydrogen-bond donors (Lipinski definition) is 1. The maximum absolute atomic E-state index is 12.6. The van der Waals surface area contributed by atoms with Gasteiger partial charge in [-0.05, 0) is 36.2 Å². The Bertz CT molecular complexity index is 1140. The summed E-state index contributed by atoms with van der Waals surface area (Å²) < 4.78 is 10.8. The van der Waals surface area contributed by atoms with Crippen molar-refractivity contribution in [2.45, 2.75) is 19.8 Å². The highest BCUT2D eigenvalue weighted by atomic mass is 16.5. The lowest BCUT2D eigenvalue weighted by Gasteiger charge is -2.10. The molecule has 0 atom stereocenters. The van der Waals surface area contributed by atoms with Crippen molar-refractivity contribution >= 4 is 11.6 Å². The van der Waals surface area contributed by atoms with E-state index in [4.69, 9.17) is 9.26 Å². The van der Waals surface area contributed by atoms with Gasteiger partial charge in [0, 0.05) is 18.1 Å². The molecule has 2 aromatic heterocycles. The minimum Gasteiger partial charge on any atom is -0.494 e. The predicted molar refractivity (Wildman–Crippen MR) is 115 cm³/mol. The Morgan fingerprint density at radius 1 is 1.10 bits per heavy atom. The first-order valence-electron chi connectivity index (χ1n) is 9.89. The van der Waals surface area contributed by atoms with Crippen LogP contribution in [0, 0.1) is 0 Å². The number of nitrogens with zero attached hydrogens (tertiary/aromatic N) is 4. The lowest BCUT2D eigenvalue weighted by atomic mass is 10.1. The van der Waals surface area contributed by atoms with Crippen LogP contribution < -0.4 is 10.1 Å². The van der Waals surface area contributed by atoms with Crippen LogP contribution in [0.3, 0.4) is 0 Å². The fraction of sp³-hybridized carbons (Fsp3) is 0.174. The summed E-state index contributed by atoms with van der Waals surface area (Å²) >= 11 is 0. The average Bonchev–Trinajstić information content (AvgIpc) is 3.26. The molecule has 0 aliphatic heterocycles. The monoisotopic (exact) mass is 415 g/mol. The largest absolute Gasteiger partial charge is 0.494 e. The molecule has 0 aliphatic carbocycles. The maximum Gasteiger partial charge on any atom is 0.231 e. The van der Waals surface area contributed by atoms with Crippen LogP contribution in [0.15, 0.2) is 71.6 Å². The van der Waals surface area contributed by atoms with Gasteiger partial charge in [0.05, 0.1) is 25.6 Å². The van der Waals surface area contributed by atoms with Gasteiger partial charge in [0.1, 0.15) is 11.4 Å². The second-order valence-corrected chi connectivity index (χ2v) is 6.74. The number of carbonyl (C=O) groups excluding carboxylic acids is 1. The molecule has 1 amide bonds. The number of para-hydroxylation sites is 1. The standard InChI is InChI=1S/C23H21N5O3/c1-2-30-18-9-7-16(8-10-18)13-21(29)26-19-6-4-3-5-17(19)14-22-27-23(28-31-22)20-15-24-11-12-25-20/h3-12,15H,2,13-14H2,1H3,(H,26,29). The summed E-state index contributed by atoms with van der Waals surface area (Å²) in [6, 6.07) is 15.1. The molecule has 0 saturated heterocycles. The van der Waals surface area contributed by atoms with Crippen molar-refractivity contribution < 1.29 is 14.1 Å². The molecule has 8 heteroatoms. The second kappa shape index (κ2) is 9.62. The first-order valence-corrected chi connectivity index (χ1v) is 9.89. The van der Waals surface area contributed by atoms with Gasteiger partial charge in [0.15, 0.2) is 0 Å². The molecule has 0 spiro atoms. The van der Waals surface area contributed by atoms with Crippen LogP contribution in [0.4, 0.5) is 5.69 Å². The molecule has 8 nitrogen and oxygen atoms in total. The zero-order valence-electron chi connectivity index (χ0n) is 17.0. The van der Waals surface area contributed by atoms with Crippen LogP contribution in [0.5, 0.6) is 5.75 Å². The van der Waals surface area contributed by atoms with Crippen LogP contribution in [0.25, 0.3) is 11.5 Å². The summed E-state index contributed by atoms with van der Waals surface area (Å²) in [5.41, 5.74) is 3.02. The van der Waals surface area contributed by atoms with E-state index in [2.05, 4.69) is 25.4 Å². The van der Waals surface area contributed by atoms with E-state index in [0.29, 0.717) is 36.1 Å². The van der Waals surface area contributed by atoms with Gasteiger partial charge in [-0.1, -0.05) is 35.5 Å². The minimum absolute atomic E-state index is 0.109. The zero-order valence-corrected chi connectivity index (χ0v) is 17.0. The van der Waals surface area contributed by atoms with Crippen molar-refractivity contribution in [1.82, 2.24) is 20.1 Å². The molecule has 1 N–H and O–H groups in total. The molecule has 31 heavy (non-hydrogen) atoms. The van der Waals surface area contributed by atoms with E-state index in [9.17, 15) is 4.79 Å². The van der Waals surface area contributed by atoms with E-state index in [0.717, 1.165) is 16.9 Å². The van der Waals surface area contributed by atoms with Gasteiger partial charge in [0.25, 0.3) is 0 Å². The van der Waals surface area contributed by atoms with Crippen molar-refractivity contribution in [3.63, 3.8) is 0 Å². The SMILES string of the molecule is CCOc1ccc(CC(=O)Nc2ccccc2Cc2nc(-c3cnccn3)no2)cc1. The van der Waals surface area contributed by atoms with Crippen LogP contribution in [-0.4, -0.2) is 32.6 Å². The number of aromatic nitrogens is 4. The summed E-state index contributed by atoms with van der Waals surface area (Å²) in [5, 5.41) is 6.94. The van der Waals surface area contributed by atoms with Crippen molar-refractivity contribution in [3.05, 3.63) is 84.1 Å². The van der Waals surface area contributed by atoms with E-state index < -0.39 is 0 Å². The number of benzene rings is 2. The lowest BCUT2D eigenvalue weighted by Crippen LogP contribution is -2.15. The molecule has 0 saturated carbocycles. The Morgan fingerprint density at radius 3 is 2.71 bits per heavy atom. The molecule has 0 fully saturated rings. The molecular weight excluding hydrogens is 394 g/mol.